The Morgan fingerprint density at radius 1 is 1.23 bits per heavy atom. The lowest BCUT2D eigenvalue weighted by Crippen LogP contribution is -2.23. The van der Waals surface area contributed by atoms with Crippen molar-refractivity contribution in [2.75, 3.05) is 33.4 Å². The fourth-order valence-corrected chi connectivity index (χ4v) is 3.25. The van der Waals surface area contributed by atoms with Crippen LogP contribution in [0.2, 0.25) is 0 Å². The number of likely N-dealkylation sites (tertiary alicyclic amines) is 1. The first kappa shape index (κ1) is 15.4. The number of hydrogen-bond acceptors (Lipinski definition) is 4. The molecule has 1 aromatic carbocycles. The highest BCUT2D eigenvalue weighted by atomic mass is 16.5. The molecule has 1 aliphatic rings. The minimum absolute atomic E-state index is 0.254. The van der Waals surface area contributed by atoms with Crippen molar-refractivity contribution in [3.63, 3.8) is 0 Å². The van der Waals surface area contributed by atoms with Crippen molar-refractivity contribution in [2.24, 2.45) is 5.92 Å². The molecule has 2 heterocycles. The fourth-order valence-electron chi connectivity index (χ4n) is 3.25. The molecule has 0 radical (unpaired) electrons. The maximum absolute atomic E-state index is 10.3. The molecule has 0 unspecified atom stereocenters. The van der Waals surface area contributed by atoms with Gasteiger partial charge in [0.25, 0.3) is 0 Å². The van der Waals surface area contributed by atoms with Crippen LogP contribution in [0.1, 0.15) is 12.1 Å². The van der Waals surface area contributed by atoms with Crippen LogP contribution in [-0.2, 0) is 11.2 Å². The lowest BCUT2D eigenvalue weighted by molar-refractivity contribution is 0.138. The van der Waals surface area contributed by atoms with Gasteiger partial charge in [-0.1, -0.05) is 24.3 Å². The van der Waals surface area contributed by atoms with E-state index in [2.05, 4.69) is 23.1 Å². The maximum Gasteiger partial charge on any atom is 0.0711 e. The Bertz CT molecular complexity index is 617. The molecule has 1 aliphatic heterocycles. The molecule has 3 rings (SSSR count). The summed E-state index contributed by atoms with van der Waals surface area (Å²) in [5.41, 5.74) is 2.10. The number of rotatable bonds is 6. The predicted octanol–water partition coefficient (Wildman–Crippen LogP) is 2.11. The molecule has 0 amide bonds. The first-order valence-corrected chi connectivity index (χ1v) is 8.00. The molecule has 1 N–H and O–H groups in total. The van der Waals surface area contributed by atoms with Gasteiger partial charge in [0.15, 0.2) is 0 Å². The quantitative estimate of drug-likeness (QED) is 0.830. The molecule has 0 bridgehead atoms. The summed E-state index contributed by atoms with van der Waals surface area (Å²) in [5, 5.41) is 11.5. The van der Waals surface area contributed by atoms with Crippen molar-refractivity contribution in [1.82, 2.24) is 9.88 Å². The zero-order valence-electron chi connectivity index (χ0n) is 13.1. The number of nitrogens with zero attached hydrogens (tertiary/aromatic N) is 2. The first-order valence-electron chi connectivity index (χ1n) is 8.00. The van der Waals surface area contributed by atoms with Crippen LogP contribution in [0.4, 0.5) is 0 Å². The molecule has 118 valence electrons. The van der Waals surface area contributed by atoms with Crippen LogP contribution in [-0.4, -0.2) is 54.4 Å². The van der Waals surface area contributed by atoms with Crippen LogP contribution in [0, 0.1) is 5.92 Å². The van der Waals surface area contributed by atoms with Gasteiger partial charge in [0.2, 0.25) is 0 Å². The molecule has 2 aromatic rings. The summed E-state index contributed by atoms with van der Waals surface area (Å²) in [6, 6.07) is 12.4. The second kappa shape index (κ2) is 7.18. The average Bonchev–Trinajstić information content (AvgIpc) is 2.87. The summed E-state index contributed by atoms with van der Waals surface area (Å²) < 4.78 is 5.09. The van der Waals surface area contributed by atoms with Gasteiger partial charge >= 0.3 is 0 Å². The van der Waals surface area contributed by atoms with Crippen LogP contribution < -0.4 is 0 Å². The van der Waals surface area contributed by atoms with Crippen LogP contribution in [0.3, 0.4) is 0 Å². The minimum Gasteiger partial charge on any atom is -0.391 e. The Balaban J connectivity index is 1.61. The number of hydrogen-bond donors (Lipinski definition) is 1. The molecular formula is C18H24N2O2. The highest BCUT2D eigenvalue weighted by Gasteiger charge is 2.31. The molecule has 1 fully saturated rings. The van der Waals surface area contributed by atoms with E-state index in [0.29, 0.717) is 0 Å². The van der Waals surface area contributed by atoms with Gasteiger partial charge in [0.1, 0.15) is 0 Å². The van der Waals surface area contributed by atoms with Gasteiger partial charge in [-0.25, -0.2) is 0 Å². The van der Waals surface area contributed by atoms with E-state index < -0.39 is 0 Å². The van der Waals surface area contributed by atoms with Crippen molar-refractivity contribution in [3.8, 4) is 0 Å². The molecule has 22 heavy (non-hydrogen) atoms. The molecule has 0 saturated carbocycles. The van der Waals surface area contributed by atoms with Gasteiger partial charge in [0, 0.05) is 50.3 Å². The zero-order chi connectivity index (χ0) is 15.4. The number of fused-ring (bicyclic) bond motifs is 1. The third kappa shape index (κ3) is 3.64. The highest BCUT2D eigenvalue weighted by Crippen LogP contribution is 2.22. The Hall–Kier alpha value is -1.49. The Kier molecular flexibility index (Phi) is 5.03. The number of ether oxygens (including phenoxy) is 1. The Labute approximate surface area is 131 Å². The van der Waals surface area contributed by atoms with Crippen molar-refractivity contribution in [2.45, 2.75) is 18.9 Å². The first-order chi connectivity index (χ1) is 10.8. The summed E-state index contributed by atoms with van der Waals surface area (Å²) in [6.45, 7) is 3.48. The number of aliphatic hydroxyl groups excluding tert-OH is 1. The van der Waals surface area contributed by atoms with Gasteiger partial charge in [-0.05, 0) is 25.0 Å². The summed E-state index contributed by atoms with van der Waals surface area (Å²) in [7, 11) is 1.73. The van der Waals surface area contributed by atoms with Crippen molar-refractivity contribution in [3.05, 3.63) is 42.1 Å². The average molecular weight is 300 g/mol. The topological polar surface area (TPSA) is 45.6 Å². The molecule has 0 aliphatic carbocycles. The molecule has 4 nitrogen and oxygen atoms in total. The van der Waals surface area contributed by atoms with E-state index in [1.807, 2.05) is 18.2 Å². The van der Waals surface area contributed by atoms with Crippen LogP contribution >= 0.6 is 0 Å². The second-order valence-electron chi connectivity index (χ2n) is 6.13. The molecule has 2 atom stereocenters. The largest absolute Gasteiger partial charge is 0.391 e. The van der Waals surface area contributed by atoms with E-state index in [9.17, 15) is 5.11 Å². The number of para-hydroxylation sites is 1. The molecule has 1 aromatic heterocycles. The number of aliphatic hydroxyl groups is 1. The highest BCUT2D eigenvalue weighted by molar-refractivity contribution is 5.78. The van der Waals surface area contributed by atoms with E-state index in [-0.39, 0.29) is 12.0 Å². The SMILES string of the molecule is COCCCN1C[C@@H](Cc2ccc3ccccc3n2)[C@H](O)C1. The van der Waals surface area contributed by atoms with Gasteiger partial charge in [0.05, 0.1) is 11.6 Å². The van der Waals surface area contributed by atoms with Gasteiger partial charge in [-0.3, -0.25) is 4.98 Å². The van der Waals surface area contributed by atoms with Gasteiger partial charge in [-0.15, -0.1) is 0 Å². The monoisotopic (exact) mass is 300 g/mol. The van der Waals surface area contributed by atoms with E-state index >= 15 is 0 Å². The summed E-state index contributed by atoms with van der Waals surface area (Å²) in [5.74, 6) is 0.274. The number of β-amino-alcohol motifs (C(OH)–C–C–N with tert-alkyl or cyclic N) is 1. The summed E-state index contributed by atoms with van der Waals surface area (Å²) >= 11 is 0. The lowest BCUT2D eigenvalue weighted by atomic mass is 9.99. The lowest BCUT2D eigenvalue weighted by Gasteiger charge is -2.15. The number of aromatic nitrogens is 1. The molecule has 0 spiro atoms. The summed E-state index contributed by atoms with van der Waals surface area (Å²) in [6.07, 6.45) is 1.60. The number of pyridine rings is 1. The molecular weight excluding hydrogens is 276 g/mol. The number of benzene rings is 1. The smallest absolute Gasteiger partial charge is 0.0711 e. The second-order valence-corrected chi connectivity index (χ2v) is 6.13. The fraction of sp³-hybridized carbons (Fsp3) is 0.500. The van der Waals surface area contributed by atoms with Crippen LogP contribution in [0.25, 0.3) is 10.9 Å². The standard InChI is InChI=1S/C18H24N2O2/c1-22-10-4-9-20-12-15(18(21)13-20)11-16-8-7-14-5-2-3-6-17(14)19-16/h2-3,5-8,15,18,21H,4,9-13H2,1H3/t15-,18-/m1/s1. The molecule has 1 saturated heterocycles. The van der Waals surface area contributed by atoms with E-state index in [0.717, 1.165) is 50.3 Å². The maximum atomic E-state index is 10.3. The Morgan fingerprint density at radius 2 is 2.09 bits per heavy atom. The van der Waals surface area contributed by atoms with Crippen molar-refractivity contribution < 1.29 is 9.84 Å². The predicted molar refractivity (Wildman–Crippen MR) is 87.9 cm³/mol. The normalized spacial score (nSPS) is 22.5. The number of methoxy groups -OCH3 is 1. The Morgan fingerprint density at radius 3 is 2.95 bits per heavy atom. The molecule has 4 heteroatoms. The van der Waals surface area contributed by atoms with Gasteiger partial charge in [-0.2, -0.15) is 0 Å². The van der Waals surface area contributed by atoms with Crippen LogP contribution in [0.15, 0.2) is 36.4 Å². The van der Waals surface area contributed by atoms with E-state index in [1.165, 1.54) is 5.39 Å². The van der Waals surface area contributed by atoms with E-state index in [1.54, 1.807) is 7.11 Å². The minimum atomic E-state index is -0.254. The third-order valence-electron chi connectivity index (χ3n) is 4.43. The summed E-state index contributed by atoms with van der Waals surface area (Å²) in [4.78, 5) is 7.05. The van der Waals surface area contributed by atoms with Crippen molar-refractivity contribution >= 4 is 10.9 Å². The van der Waals surface area contributed by atoms with Crippen LogP contribution in [0.5, 0.6) is 0 Å². The van der Waals surface area contributed by atoms with Crippen molar-refractivity contribution in [1.29, 1.82) is 0 Å². The third-order valence-corrected chi connectivity index (χ3v) is 4.43. The zero-order valence-corrected chi connectivity index (χ0v) is 13.1. The van der Waals surface area contributed by atoms with E-state index in [4.69, 9.17) is 9.72 Å². The van der Waals surface area contributed by atoms with Gasteiger partial charge < -0.3 is 14.7 Å².